The number of hydrogen-bond acceptors (Lipinski definition) is 6. The molecule has 0 saturated carbocycles. The van der Waals surface area contributed by atoms with E-state index in [1.54, 1.807) is 48.5 Å². The number of nitrogens with zero attached hydrogens (tertiary/aromatic N) is 1. The number of fused-ring (bicyclic) bond motifs is 1. The van der Waals surface area contributed by atoms with Gasteiger partial charge in [0.1, 0.15) is 0 Å². The molecule has 4 rings (SSSR count). The van der Waals surface area contributed by atoms with Gasteiger partial charge >= 0.3 is 0 Å². The predicted octanol–water partition coefficient (Wildman–Crippen LogP) is 4.25. The number of halogens is 2. The number of hydrogen-bond donors (Lipinski definition) is 3. The van der Waals surface area contributed by atoms with Crippen LogP contribution in [-0.2, 0) is 21.4 Å². The number of anilines is 2. The van der Waals surface area contributed by atoms with Gasteiger partial charge in [0, 0.05) is 6.54 Å². The van der Waals surface area contributed by atoms with Crippen LogP contribution >= 0.6 is 23.2 Å². The average molecular weight is 505 g/mol. The van der Waals surface area contributed by atoms with E-state index in [-0.39, 0.29) is 32.9 Å². The van der Waals surface area contributed by atoms with Crippen molar-refractivity contribution >= 4 is 56.2 Å². The van der Waals surface area contributed by atoms with Crippen molar-refractivity contribution in [1.29, 1.82) is 0 Å². The molecule has 0 aromatic heterocycles. The van der Waals surface area contributed by atoms with Crippen LogP contribution in [0.5, 0.6) is 5.75 Å². The number of methoxy groups -OCH3 is 1. The van der Waals surface area contributed by atoms with Gasteiger partial charge in [-0.25, -0.2) is 13.1 Å². The molecule has 3 aromatic carbocycles. The fraction of sp³-hybridized carbons (Fsp3) is 0.0909. The van der Waals surface area contributed by atoms with E-state index in [4.69, 9.17) is 27.9 Å². The Morgan fingerprint density at radius 3 is 2.42 bits per heavy atom. The highest BCUT2D eigenvalue weighted by molar-refractivity contribution is 7.89. The van der Waals surface area contributed by atoms with Crippen molar-refractivity contribution in [1.82, 2.24) is 4.72 Å². The van der Waals surface area contributed by atoms with E-state index < -0.39 is 15.9 Å². The number of ether oxygens (including phenoxy) is 1. The Hall–Kier alpha value is -3.11. The smallest absolute Gasteiger partial charge is 0.276 e. The fourth-order valence-corrected chi connectivity index (χ4v) is 4.94. The van der Waals surface area contributed by atoms with Gasteiger partial charge in [0.25, 0.3) is 5.91 Å². The van der Waals surface area contributed by atoms with Crippen molar-refractivity contribution in [3.8, 4) is 5.75 Å². The quantitative estimate of drug-likeness (QED) is 0.416. The van der Waals surface area contributed by atoms with E-state index in [2.05, 4.69) is 20.6 Å². The van der Waals surface area contributed by atoms with Crippen molar-refractivity contribution in [3.05, 3.63) is 81.8 Å². The van der Waals surface area contributed by atoms with Crippen LogP contribution in [0.2, 0.25) is 10.0 Å². The molecule has 0 bridgehead atoms. The summed E-state index contributed by atoms with van der Waals surface area (Å²) in [6.45, 7) is 0.123. The Labute approximate surface area is 200 Å². The zero-order chi connectivity index (χ0) is 23.6. The van der Waals surface area contributed by atoms with Crippen LogP contribution in [0.4, 0.5) is 11.4 Å². The molecule has 0 atom stereocenters. The van der Waals surface area contributed by atoms with Crippen molar-refractivity contribution in [2.24, 2.45) is 5.10 Å². The first kappa shape index (κ1) is 23.1. The molecule has 3 aromatic rings. The van der Waals surface area contributed by atoms with Gasteiger partial charge in [0.05, 0.1) is 39.0 Å². The summed E-state index contributed by atoms with van der Waals surface area (Å²) in [5.41, 5.74) is 5.08. The van der Waals surface area contributed by atoms with E-state index in [0.717, 1.165) is 5.56 Å². The first-order chi connectivity index (χ1) is 15.8. The largest absolute Gasteiger partial charge is 0.494 e. The summed E-state index contributed by atoms with van der Waals surface area (Å²) in [5.74, 6) is -0.181. The van der Waals surface area contributed by atoms with Gasteiger partial charge in [0.15, 0.2) is 11.5 Å². The van der Waals surface area contributed by atoms with E-state index in [9.17, 15) is 13.2 Å². The van der Waals surface area contributed by atoms with Gasteiger partial charge in [-0.1, -0.05) is 53.5 Å². The standard InChI is InChI=1S/C22H18Cl2N4O4S/c1-32-21-16(23)11-17-18(19(21)24)20(22(29)26-17)28-27-14-9-7-13(8-10-14)12-25-33(30,31)15-5-3-2-4-6-15/h2-11,25,27H,12H2,1H3,(H,26,28,29). The number of sulfonamides is 1. The minimum Gasteiger partial charge on any atom is -0.494 e. The minimum atomic E-state index is -3.60. The third-order valence-electron chi connectivity index (χ3n) is 4.85. The first-order valence-corrected chi connectivity index (χ1v) is 11.9. The Morgan fingerprint density at radius 1 is 1.06 bits per heavy atom. The molecule has 3 N–H and O–H groups in total. The van der Waals surface area contributed by atoms with E-state index >= 15 is 0 Å². The number of amides is 1. The number of carbonyl (C=O) groups excluding carboxylic acids is 1. The van der Waals surface area contributed by atoms with E-state index in [0.29, 0.717) is 16.9 Å². The summed E-state index contributed by atoms with van der Waals surface area (Å²) >= 11 is 12.5. The van der Waals surface area contributed by atoms with Gasteiger partial charge in [-0.2, -0.15) is 5.10 Å². The second-order valence-electron chi connectivity index (χ2n) is 6.99. The molecule has 0 aliphatic carbocycles. The van der Waals surface area contributed by atoms with Gasteiger partial charge in [-0.05, 0) is 35.9 Å². The lowest BCUT2D eigenvalue weighted by Crippen LogP contribution is -2.23. The lowest BCUT2D eigenvalue weighted by Gasteiger charge is -2.10. The van der Waals surface area contributed by atoms with Gasteiger partial charge < -0.3 is 10.1 Å². The highest BCUT2D eigenvalue weighted by Gasteiger charge is 2.32. The molecule has 33 heavy (non-hydrogen) atoms. The number of benzene rings is 3. The number of hydrazone groups is 1. The van der Waals surface area contributed by atoms with Crippen LogP contribution in [0.1, 0.15) is 11.1 Å². The molecular weight excluding hydrogens is 487 g/mol. The van der Waals surface area contributed by atoms with Crippen molar-refractivity contribution < 1.29 is 17.9 Å². The molecule has 170 valence electrons. The monoisotopic (exact) mass is 504 g/mol. The number of carbonyl (C=O) groups is 1. The van der Waals surface area contributed by atoms with Crippen LogP contribution < -0.4 is 20.2 Å². The second-order valence-corrected chi connectivity index (χ2v) is 9.54. The van der Waals surface area contributed by atoms with Crippen LogP contribution in [-0.4, -0.2) is 27.1 Å². The predicted molar refractivity (Wildman–Crippen MR) is 129 cm³/mol. The van der Waals surface area contributed by atoms with Crippen molar-refractivity contribution in [3.63, 3.8) is 0 Å². The second kappa shape index (κ2) is 9.40. The van der Waals surface area contributed by atoms with Crippen molar-refractivity contribution in [2.45, 2.75) is 11.4 Å². The third kappa shape index (κ3) is 4.81. The lowest BCUT2D eigenvalue weighted by molar-refractivity contribution is -0.110. The van der Waals surface area contributed by atoms with Gasteiger partial charge in [-0.15, -0.1) is 0 Å². The fourth-order valence-electron chi connectivity index (χ4n) is 3.20. The zero-order valence-corrected chi connectivity index (χ0v) is 19.6. The maximum absolute atomic E-state index is 12.4. The summed E-state index contributed by atoms with van der Waals surface area (Å²) in [7, 11) is -2.17. The summed E-state index contributed by atoms with van der Waals surface area (Å²) in [6, 6.07) is 16.6. The van der Waals surface area contributed by atoms with Crippen LogP contribution in [0.15, 0.2) is 70.7 Å². The SMILES string of the molecule is COc1c(Cl)cc2c(c1Cl)C(=NNc1ccc(CNS(=O)(=O)c3ccccc3)cc1)C(=O)N2. The van der Waals surface area contributed by atoms with E-state index in [1.807, 2.05) is 0 Å². The lowest BCUT2D eigenvalue weighted by atomic mass is 10.1. The molecule has 1 aliphatic rings. The highest BCUT2D eigenvalue weighted by atomic mass is 35.5. The van der Waals surface area contributed by atoms with Crippen LogP contribution in [0.3, 0.4) is 0 Å². The third-order valence-corrected chi connectivity index (χ3v) is 6.91. The number of rotatable bonds is 7. The molecule has 8 nitrogen and oxygen atoms in total. The van der Waals surface area contributed by atoms with Gasteiger partial charge in [-0.3, -0.25) is 10.2 Å². The molecule has 0 saturated heterocycles. The van der Waals surface area contributed by atoms with Crippen molar-refractivity contribution in [2.75, 3.05) is 17.9 Å². The molecule has 1 aliphatic heterocycles. The normalized spacial score (nSPS) is 14.2. The molecule has 1 heterocycles. The Kier molecular flexibility index (Phi) is 6.57. The van der Waals surface area contributed by atoms with E-state index in [1.165, 1.54) is 19.2 Å². The van der Waals surface area contributed by atoms with Crippen LogP contribution in [0, 0.1) is 0 Å². The summed E-state index contributed by atoms with van der Waals surface area (Å²) in [6.07, 6.45) is 0. The van der Waals surface area contributed by atoms with Crippen LogP contribution in [0.25, 0.3) is 0 Å². The Bertz CT molecular complexity index is 1350. The summed E-state index contributed by atoms with van der Waals surface area (Å²) < 4.78 is 32.4. The molecule has 0 spiro atoms. The molecule has 0 radical (unpaired) electrons. The molecule has 11 heteroatoms. The first-order valence-electron chi connectivity index (χ1n) is 9.65. The molecular formula is C22H18Cl2N4O4S. The highest BCUT2D eigenvalue weighted by Crippen LogP contribution is 2.42. The summed E-state index contributed by atoms with van der Waals surface area (Å²) in [4.78, 5) is 12.6. The Morgan fingerprint density at radius 2 is 1.76 bits per heavy atom. The molecule has 0 fully saturated rings. The zero-order valence-electron chi connectivity index (χ0n) is 17.2. The summed E-state index contributed by atoms with van der Waals surface area (Å²) in [5, 5.41) is 7.32. The maximum Gasteiger partial charge on any atom is 0.276 e. The average Bonchev–Trinajstić information content (AvgIpc) is 3.12. The topological polar surface area (TPSA) is 109 Å². The van der Waals surface area contributed by atoms with Gasteiger partial charge in [0.2, 0.25) is 10.0 Å². The minimum absolute atomic E-state index is 0.0877. The maximum atomic E-state index is 12.4. The molecule has 0 unspecified atom stereocenters. The number of nitrogens with one attached hydrogen (secondary N) is 3. The molecule has 1 amide bonds. The Balaban J connectivity index is 1.47.